The summed E-state index contributed by atoms with van der Waals surface area (Å²) < 4.78 is 1.56. The number of hydrogen-bond acceptors (Lipinski definition) is 9. The summed E-state index contributed by atoms with van der Waals surface area (Å²) in [6, 6.07) is 10.7. The molecule has 1 saturated carbocycles. The Bertz CT molecular complexity index is 1750. The highest BCUT2D eigenvalue weighted by atomic mass is 32.2. The second-order valence-electron chi connectivity index (χ2n) is 14.9. The van der Waals surface area contributed by atoms with Crippen molar-refractivity contribution in [1.82, 2.24) is 30.5 Å². The smallest absolute Gasteiger partial charge is 0.251 e. The highest BCUT2D eigenvalue weighted by Gasteiger charge is 2.49. The molecule has 14 heteroatoms. The monoisotopic (exact) mass is 719 g/mol. The van der Waals surface area contributed by atoms with Crippen LogP contribution >= 0.6 is 11.8 Å². The summed E-state index contributed by atoms with van der Waals surface area (Å²) >= 11 is 1.66. The molecule has 0 spiro atoms. The largest absolute Gasteiger partial charge is 0.384 e. The van der Waals surface area contributed by atoms with Gasteiger partial charge in [0.15, 0.2) is 6.10 Å². The lowest BCUT2D eigenvalue weighted by Crippen LogP contribution is -2.65. The number of aliphatic hydroxyl groups excluding tert-OH is 1. The van der Waals surface area contributed by atoms with E-state index in [1.807, 2.05) is 36.4 Å². The van der Waals surface area contributed by atoms with Gasteiger partial charge >= 0.3 is 0 Å². The average molecular weight is 720 g/mol. The summed E-state index contributed by atoms with van der Waals surface area (Å²) in [5.41, 5.74) is 3.83. The lowest BCUT2D eigenvalue weighted by molar-refractivity contribution is -0.143. The van der Waals surface area contributed by atoms with Crippen LogP contribution < -0.4 is 16.4 Å². The molecule has 3 heterocycles. The van der Waals surface area contributed by atoms with E-state index in [0.717, 1.165) is 42.9 Å². The van der Waals surface area contributed by atoms with Crippen LogP contribution in [-0.4, -0.2) is 95.5 Å². The van der Waals surface area contributed by atoms with Gasteiger partial charge in [-0.1, -0.05) is 67.6 Å². The molecule has 6 rings (SSSR count). The summed E-state index contributed by atoms with van der Waals surface area (Å²) in [7, 11) is 0. The molecule has 13 nitrogen and oxygen atoms in total. The van der Waals surface area contributed by atoms with Crippen molar-refractivity contribution >= 4 is 46.2 Å². The number of hydrogen-bond donors (Lipinski definition) is 5. The van der Waals surface area contributed by atoms with Crippen molar-refractivity contribution in [2.24, 2.45) is 11.7 Å². The SMILES string of the molecule is CC(C)(O)c1cnnn1[C@H]1C[C@@H](C(=O)NC2(C(O)C(N)=O)CCSCC2)N(C(=O)C(CC2CCCCC2)NC(=O)c2ccc3ccccc3c2)C1. The van der Waals surface area contributed by atoms with Crippen molar-refractivity contribution in [3.05, 3.63) is 59.9 Å². The van der Waals surface area contributed by atoms with E-state index in [-0.39, 0.29) is 24.8 Å². The maximum atomic E-state index is 14.8. The van der Waals surface area contributed by atoms with Crippen LogP contribution in [0.15, 0.2) is 48.7 Å². The summed E-state index contributed by atoms with van der Waals surface area (Å²) in [5, 5.41) is 38.1. The molecule has 1 aromatic heterocycles. The molecule has 6 N–H and O–H groups in total. The van der Waals surface area contributed by atoms with E-state index in [4.69, 9.17) is 5.73 Å². The van der Waals surface area contributed by atoms with Gasteiger partial charge in [0.05, 0.1) is 23.5 Å². The lowest BCUT2D eigenvalue weighted by Gasteiger charge is -2.41. The zero-order chi connectivity index (χ0) is 36.3. The van der Waals surface area contributed by atoms with Gasteiger partial charge in [0.25, 0.3) is 5.91 Å². The molecule has 3 fully saturated rings. The van der Waals surface area contributed by atoms with Gasteiger partial charge < -0.3 is 31.5 Å². The zero-order valence-electron chi connectivity index (χ0n) is 29.3. The number of aliphatic hydroxyl groups is 2. The number of primary amides is 1. The summed E-state index contributed by atoms with van der Waals surface area (Å²) in [6.07, 6.45) is 6.20. The van der Waals surface area contributed by atoms with E-state index >= 15 is 0 Å². The number of benzene rings is 2. The predicted molar refractivity (Wildman–Crippen MR) is 193 cm³/mol. The van der Waals surface area contributed by atoms with Crippen LogP contribution in [0, 0.1) is 5.92 Å². The number of carbonyl (C=O) groups excluding carboxylic acids is 4. The molecular weight excluding hydrogens is 671 g/mol. The van der Waals surface area contributed by atoms with Crippen molar-refractivity contribution in [3.63, 3.8) is 0 Å². The van der Waals surface area contributed by atoms with Crippen molar-refractivity contribution in [2.75, 3.05) is 18.1 Å². The fourth-order valence-electron chi connectivity index (χ4n) is 7.99. The van der Waals surface area contributed by atoms with Gasteiger partial charge in [-0.25, -0.2) is 4.68 Å². The molecule has 2 unspecified atom stereocenters. The number of thioether (sulfide) groups is 1. The number of likely N-dealkylation sites (tertiary alicyclic amines) is 1. The Morgan fingerprint density at radius 3 is 2.45 bits per heavy atom. The summed E-state index contributed by atoms with van der Waals surface area (Å²) in [4.78, 5) is 56.8. The topological polar surface area (TPSA) is 193 Å². The number of amides is 4. The van der Waals surface area contributed by atoms with Crippen LogP contribution in [0.2, 0.25) is 0 Å². The molecule has 3 aromatic rings. The van der Waals surface area contributed by atoms with E-state index in [1.54, 1.807) is 36.4 Å². The van der Waals surface area contributed by atoms with Gasteiger partial charge in [-0.15, -0.1) is 5.10 Å². The van der Waals surface area contributed by atoms with Crippen LogP contribution in [0.1, 0.15) is 93.7 Å². The van der Waals surface area contributed by atoms with Crippen LogP contribution in [0.5, 0.6) is 0 Å². The minimum Gasteiger partial charge on any atom is -0.384 e. The Labute approximate surface area is 302 Å². The Balaban J connectivity index is 1.33. The van der Waals surface area contributed by atoms with E-state index in [2.05, 4.69) is 20.9 Å². The first-order chi connectivity index (χ1) is 24.4. The molecule has 2 aromatic carbocycles. The number of rotatable bonds is 11. The normalized spacial score (nSPS) is 22.3. The number of nitrogens with one attached hydrogen (secondary N) is 2. The third kappa shape index (κ3) is 8.07. The third-order valence-corrected chi connectivity index (χ3v) is 11.9. The number of nitrogens with two attached hydrogens (primary N) is 1. The zero-order valence-corrected chi connectivity index (χ0v) is 30.1. The standard InChI is InChI=1S/C37H49N7O6S/c1-36(2,50)30-21-39-42-44(30)27-20-29(34(48)41-37(31(45)32(38)46)14-16-51-17-15-37)43(22-27)35(49)28(18-23-8-4-3-5-9-23)40-33(47)26-13-12-24-10-6-7-11-25(24)19-26/h6-7,10-13,19,21,23,27-29,31,45,50H,3-5,8-9,14-18,20,22H2,1-2H3,(H2,38,46)(H,40,47)(H,41,48)/t27-,28?,29-,31?/m0/s1. The van der Waals surface area contributed by atoms with E-state index in [9.17, 15) is 29.4 Å². The predicted octanol–water partition coefficient (Wildman–Crippen LogP) is 2.80. The molecule has 0 bridgehead atoms. The quantitative estimate of drug-likeness (QED) is 0.198. The molecule has 0 radical (unpaired) electrons. The van der Waals surface area contributed by atoms with Gasteiger partial charge in [-0.05, 0) is 73.4 Å². The van der Waals surface area contributed by atoms with Gasteiger partial charge in [-0.3, -0.25) is 19.2 Å². The third-order valence-electron chi connectivity index (χ3n) is 10.9. The highest BCUT2D eigenvalue weighted by Crippen LogP contribution is 2.35. The van der Waals surface area contributed by atoms with Crippen molar-refractivity contribution in [3.8, 4) is 0 Å². The molecule has 51 heavy (non-hydrogen) atoms. The molecule has 3 aliphatic rings. The second kappa shape index (κ2) is 15.3. The summed E-state index contributed by atoms with van der Waals surface area (Å²) in [6.45, 7) is 3.29. The lowest BCUT2D eigenvalue weighted by atomic mass is 9.84. The first-order valence-electron chi connectivity index (χ1n) is 18.0. The first kappa shape index (κ1) is 36.8. The molecule has 2 saturated heterocycles. The fourth-order valence-corrected chi connectivity index (χ4v) is 9.21. The van der Waals surface area contributed by atoms with Crippen LogP contribution in [-0.2, 0) is 20.0 Å². The van der Waals surface area contributed by atoms with Crippen molar-refractivity contribution in [2.45, 2.75) is 107 Å². The Morgan fingerprint density at radius 1 is 1.06 bits per heavy atom. The molecule has 1 aliphatic carbocycles. The van der Waals surface area contributed by atoms with Gasteiger partial charge in [0, 0.05) is 18.5 Å². The van der Waals surface area contributed by atoms with Gasteiger partial charge in [0.1, 0.15) is 17.7 Å². The van der Waals surface area contributed by atoms with Gasteiger partial charge in [0.2, 0.25) is 17.7 Å². The number of fused-ring (bicyclic) bond motifs is 1. The first-order valence-corrected chi connectivity index (χ1v) is 19.1. The Kier molecular flexibility index (Phi) is 11.0. The minimum absolute atomic E-state index is 0.0671. The number of aromatic nitrogens is 3. The van der Waals surface area contributed by atoms with Crippen LogP contribution in [0.4, 0.5) is 0 Å². The van der Waals surface area contributed by atoms with E-state index < -0.39 is 53.1 Å². The Morgan fingerprint density at radius 2 is 1.76 bits per heavy atom. The average Bonchev–Trinajstić information content (AvgIpc) is 3.80. The molecular formula is C37H49N7O6S. The fraction of sp³-hybridized carbons (Fsp3) is 0.568. The maximum Gasteiger partial charge on any atom is 0.251 e. The molecule has 274 valence electrons. The van der Waals surface area contributed by atoms with Gasteiger partial charge in [-0.2, -0.15) is 11.8 Å². The maximum absolute atomic E-state index is 14.8. The van der Waals surface area contributed by atoms with E-state index in [1.165, 1.54) is 11.1 Å². The summed E-state index contributed by atoms with van der Waals surface area (Å²) in [5.74, 6) is -0.791. The van der Waals surface area contributed by atoms with Crippen molar-refractivity contribution in [1.29, 1.82) is 0 Å². The number of nitrogens with zero attached hydrogens (tertiary/aromatic N) is 4. The molecule has 4 atom stereocenters. The number of carbonyl (C=O) groups is 4. The van der Waals surface area contributed by atoms with Crippen LogP contribution in [0.3, 0.4) is 0 Å². The van der Waals surface area contributed by atoms with Crippen molar-refractivity contribution < 1.29 is 29.4 Å². The molecule has 2 aliphatic heterocycles. The Hall–Kier alpha value is -4.01. The molecule has 4 amide bonds. The minimum atomic E-state index is -1.61. The van der Waals surface area contributed by atoms with E-state index in [0.29, 0.717) is 42.0 Å². The highest BCUT2D eigenvalue weighted by molar-refractivity contribution is 7.99. The van der Waals surface area contributed by atoms with Crippen LogP contribution in [0.25, 0.3) is 10.8 Å². The second-order valence-corrected chi connectivity index (χ2v) is 16.1.